The molecule has 1 aromatic heterocycles. The molecule has 2 aromatic rings. The lowest BCUT2D eigenvalue weighted by Gasteiger charge is -2.31. The topological polar surface area (TPSA) is 55.3 Å². The molecule has 1 saturated heterocycles. The Balaban J connectivity index is 1.44. The van der Waals surface area contributed by atoms with Crippen molar-refractivity contribution in [1.82, 2.24) is 14.9 Å². The van der Waals surface area contributed by atoms with Crippen LogP contribution in [0.4, 0.5) is 0 Å². The van der Waals surface area contributed by atoms with Crippen molar-refractivity contribution >= 4 is 21.8 Å². The third kappa shape index (κ3) is 5.01. The monoisotopic (exact) mass is 403 g/mol. The molecule has 1 aliphatic rings. The zero-order chi connectivity index (χ0) is 17.6. The van der Waals surface area contributed by atoms with Gasteiger partial charge in [0, 0.05) is 49.2 Å². The van der Waals surface area contributed by atoms with Crippen molar-refractivity contribution in [3.63, 3.8) is 0 Å². The van der Waals surface area contributed by atoms with E-state index in [-0.39, 0.29) is 12.0 Å². The fourth-order valence-electron chi connectivity index (χ4n) is 2.91. The fraction of sp³-hybridized carbons (Fsp3) is 0.421. The van der Waals surface area contributed by atoms with E-state index in [0.717, 1.165) is 42.4 Å². The van der Waals surface area contributed by atoms with Gasteiger partial charge in [-0.15, -0.1) is 0 Å². The molecular weight excluding hydrogens is 382 g/mol. The molecule has 25 heavy (non-hydrogen) atoms. The van der Waals surface area contributed by atoms with Gasteiger partial charge in [0.1, 0.15) is 6.10 Å². The Labute approximate surface area is 156 Å². The highest BCUT2D eigenvalue weighted by atomic mass is 79.9. The van der Waals surface area contributed by atoms with Crippen LogP contribution in [0, 0.1) is 6.92 Å². The van der Waals surface area contributed by atoms with Crippen LogP contribution < -0.4 is 4.74 Å². The maximum atomic E-state index is 12.4. The molecule has 0 unspecified atom stereocenters. The first-order valence-corrected chi connectivity index (χ1v) is 9.37. The van der Waals surface area contributed by atoms with E-state index in [2.05, 4.69) is 32.0 Å². The lowest BCUT2D eigenvalue weighted by atomic mass is 10.1. The second-order valence-corrected chi connectivity index (χ2v) is 7.19. The van der Waals surface area contributed by atoms with Gasteiger partial charge in [-0.05, 0) is 30.5 Å². The summed E-state index contributed by atoms with van der Waals surface area (Å²) in [6.07, 6.45) is 6.51. The SMILES string of the molecule is Cc1cnc(OC2CCN(C(=O)CCc3ccccc3Br)CC2)nc1. The molecule has 5 nitrogen and oxygen atoms in total. The zero-order valence-corrected chi connectivity index (χ0v) is 15.9. The molecule has 0 atom stereocenters. The number of hydrogen-bond acceptors (Lipinski definition) is 4. The van der Waals surface area contributed by atoms with Gasteiger partial charge in [-0.3, -0.25) is 4.79 Å². The number of nitrogens with zero attached hydrogens (tertiary/aromatic N) is 3. The third-order valence-corrected chi connectivity index (χ3v) is 5.16. The van der Waals surface area contributed by atoms with Crippen LogP contribution in [0.1, 0.15) is 30.4 Å². The quantitative estimate of drug-likeness (QED) is 0.765. The number of piperidine rings is 1. The first-order valence-electron chi connectivity index (χ1n) is 8.58. The normalized spacial score (nSPS) is 15.2. The van der Waals surface area contributed by atoms with Crippen LogP contribution >= 0.6 is 15.9 Å². The van der Waals surface area contributed by atoms with Crippen LogP contribution in [0.5, 0.6) is 6.01 Å². The number of ether oxygens (including phenoxy) is 1. The van der Waals surface area contributed by atoms with Gasteiger partial charge >= 0.3 is 6.01 Å². The van der Waals surface area contributed by atoms with E-state index in [4.69, 9.17) is 4.74 Å². The largest absolute Gasteiger partial charge is 0.460 e. The molecule has 1 amide bonds. The number of hydrogen-bond donors (Lipinski definition) is 0. The van der Waals surface area contributed by atoms with Crippen LogP contribution in [0.25, 0.3) is 0 Å². The number of halogens is 1. The minimum Gasteiger partial charge on any atom is -0.460 e. The molecule has 2 heterocycles. The van der Waals surface area contributed by atoms with Crippen molar-refractivity contribution in [1.29, 1.82) is 0 Å². The van der Waals surface area contributed by atoms with Crippen LogP contribution in [0.3, 0.4) is 0 Å². The van der Waals surface area contributed by atoms with E-state index in [1.54, 1.807) is 12.4 Å². The Morgan fingerprint density at radius 1 is 1.24 bits per heavy atom. The summed E-state index contributed by atoms with van der Waals surface area (Å²) in [6.45, 7) is 3.40. The molecule has 3 rings (SSSR count). The van der Waals surface area contributed by atoms with Gasteiger partial charge in [0.05, 0.1) is 0 Å². The fourth-order valence-corrected chi connectivity index (χ4v) is 3.40. The van der Waals surface area contributed by atoms with Gasteiger partial charge < -0.3 is 9.64 Å². The highest BCUT2D eigenvalue weighted by molar-refractivity contribution is 9.10. The van der Waals surface area contributed by atoms with E-state index in [9.17, 15) is 4.79 Å². The number of benzene rings is 1. The molecule has 0 aliphatic carbocycles. The summed E-state index contributed by atoms with van der Waals surface area (Å²) < 4.78 is 6.88. The van der Waals surface area contributed by atoms with Gasteiger partial charge in [-0.1, -0.05) is 34.1 Å². The number of likely N-dealkylation sites (tertiary alicyclic amines) is 1. The maximum absolute atomic E-state index is 12.4. The van der Waals surface area contributed by atoms with E-state index < -0.39 is 0 Å². The van der Waals surface area contributed by atoms with Crippen LogP contribution in [0.15, 0.2) is 41.1 Å². The van der Waals surface area contributed by atoms with E-state index in [1.165, 1.54) is 5.56 Å². The molecule has 0 saturated carbocycles. The molecule has 1 aromatic carbocycles. The summed E-state index contributed by atoms with van der Waals surface area (Å²) in [7, 11) is 0. The van der Waals surface area contributed by atoms with Crippen molar-refractivity contribution in [2.45, 2.75) is 38.7 Å². The van der Waals surface area contributed by atoms with E-state index in [1.807, 2.05) is 30.0 Å². The standard InChI is InChI=1S/C19H22BrN3O2/c1-14-12-21-19(22-13-14)25-16-8-10-23(11-9-16)18(24)7-6-15-4-2-3-5-17(15)20/h2-5,12-13,16H,6-11H2,1H3. The molecule has 0 N–H and O–H groups in total. The predicted molar refractivity (Wildman–Crippen MR) is 99.5 cm³/mol. The van der Waals surface area contributed by atoms with E-state index >= 15 is 0 Å². The number of rotatable bonds is 5. The summed E-state index contributed by atoms with van der Waals surface area (Å²) in [5.41, 5.74) is 2.18. The second-order valence-electron chi connectivity index (χ2n) is 6.33. The summed E-state index contributed by atoms with van der Waals surface area (Å²) >= 11 is 3.53. The van der Waals surface area contributed by atoms with Gasteiger partial charge in [-0.25, -0.2) is 9.97 Å². The van der Waals surface area contributed by atoms with Crippen LogP contribution in [0.2, 0.25) is 0 Å². The van der Waals surface area contributed by atoms with Gasteiger partial charge in [0.2, 0.25) is 5.91 Å². The smallest absolute Gasteiger partial charge is 0.316 e. The predicted octanol–water partition coefficient (Wildman–Crippen LogP) is 3.55. The second kappa shape index (κ2) is 8.43. The minimum absolute atomic E-state index is 0.0787. The first kappa shape index (κ1) is 17.9. The molecule has 6 heteroatoms. The molecule has 0 spiro atoms. The van der Waals surface area contributed by atoms with Gasteiger partial charge in [0.15, 0.2) is 0 Å². The Hall–Kier alpha value is -1.95. The Morgan fingerprint density at radius 2 is 1.92 bits per heavy atom. The highest BCUT2D eigenvalue weighted by Crippen LogP contribution is 2.20. The number of aromatic nitrogens is 2. The molecule has 0 radical (unpaired) electrons. The van der Waals surface area contributed by atoms with Crippen molar-refractivity contribution < 1.29 is 9.53 Å². The summed E-state index contributed by atoms with van der Waals surface area (Å²) in [5, 5.41) is 0. The summed E-state index contributed by atoms with van der Waals surface area (Å²) in [5.74, 6) is 0.209. The Morgan fingerprint density at radius 3 is 2.60 bits per heavy atom. The van der Waals surface area contributed by atoms with Crippen molar-refractivity contribution in [2.24, 2.45) is 0 Å². The first-order chi connectivity index (χ1) is 12.1. The van der Waals surface area contributed by atoms with Gasteiger partial charge in [0.25, 0.3) is 0 Å². The number of carbonyl (C=O) groups is 1. The average molecular weight is 404 g/mol. The molecule has 1 fully saturated rings. The zero-order valence-electron chi connectivity index (χ0n) is 14.3. The van der Waals surface area contributed by atoms with Gasteiger partial charge in [-0.2, -0.15) is 0 Å². The van der Waals surface area contributed by atoms with Crippen LogP contribution in [-0.2, 0) is 11.2 Å². The summed E-state index contributed by atoms with van der Waals surface area (Å²) in [4.78, 5) is 22.7. The summed E-state index contributed by atoms with van der Waals surface area (Å²) in [6, 6.07) is 8.47. The minimum atomic E-state index is 0.0787. The number of carbonyl (C=O) groups excluding carboxylic acids is 1. The molecule has 132 valence electrons. The van der Waals surface area contributed by atoms with Crippen molar-refractivity contribution in [3.8, 4) is 6.01 Å². The molecule has 1 aliphatic heterocycles. The average Bonchev–Trinajstić information content (AvgIpc) is 2.63. The number of aryl methyl sites for hydroxylation is 2. The molecular formula is C19H22BrN3O2. The number of amides is 1. The molecule has 0 bridgehead atoms. The van der Waals surface area contributed by atoms with Crippen molar-refractivity contribution in [2.75, 3.05) is 13.1 Å². The maximum Gasteiger partial charge on any atom is 0.316 e. The van der Waals surface area contributed by atoms with Crippen LogP contribution in [-0.4, -0.2) is 40.0 Å². The third-order valence-electron chi connectivity index (χ3n) is 4.39. The highest BCUT2D eigenvalue weighted by Gasteiger charge is 2.24. The van der Waals surface area contributed by atoms with E-state index in [0.29, 0.717) is 12.4 Å². The Bertz CT molecular complexity index is 713. The van der Waals surface area contributed by atoms with Crippen molar-refractivity contribution in [3.05, 3.63) is 52.3 Å². The Kier molecular flexibility index (Phi) is 6.02. The lowest BCUT2D eigenvalue weighted by molar-refractivity contribution is -0.133. The lowest BCUT2D eigenvalue weighted by Crippen LogP contribution is -2.42.